The van der Waals surface area contributed by atoms with Crippen LogP contribution in [0.2, 0.25) is 0 Å². The van der Waals surface area contributed by atoms with E-state index in [1.165, 1.54) is 0 Å². The van der Waals surface area contributed by atoms with Crippen molar-refractivity contribution < 1.29 is 19.4 Å². The number of carbonyl (C=O) groups is 1. The van der Waals surface area contributed by atoms with Crippen LogP contribution in [0.25, 0.3) is 0 Å². The van der Waals surface area contributed by atoms with E-state index in [1.54, 1.807) is 7.11 Å². The van der Waals surface area contributed by atoms with Crippen LogP contribution in [0.3, 0.4) is 0 Å². The van der Waals surface area contributed by atoms with Gasteiger partial charge in [-0.15, -0.1) is 0 Å². The molecule has 25 heavy (non-hydrogen) atoms. The Hall–Kier alpha value is -1.59. The van der Waals surface area contributed by atoms with Crippen LogP contribution in [0.5, 0.6) is 5.75 Å². The third-order valence-corrected chi connectivity index (χ3v) is 5.55. The molecule has 0 bridgehead atoms. The summed E-state index contributed by atoms with van der Waals surface area (Å²) >= 11 is 0. The summed E-state index contributed by atoms with van der Waals surface area (Å²) < 4.78 is 10.8. The van der Waals surface area contributed by atoms with Gasteiger partial charge in [-0.1, -0.05) is 25.0 Å². The van der Waals surface area contributed by atoms with E-state index in [0.29, 0.717) is 6.61 Å². The number of rotatable bonds is 6. The van der Waals surface area contributed by atoms with Crippen molar-refractivity contribution in [1.29, 1.82) is 0 Å². The zero-order chi connectivity index (χ0) is 17.6. The van der Waals surface area contributed by atoms with E-state index >= 15 is 0 Å². The normalized spacial score (nSPS) is 26.6. The first-order chi connectivity index (χ1) is 12.2. The molecule has 1 saturated heterocycles. The van der Waals surface area contributed by atoms with Gasteiger partial charge in [0.1, 0.15) is 12.4 Å². The van der Waals surface area contributed by atoms with Crippen molar-refractivity contribution in [1.82, 2.24) is 4.90 Å². The Morgan fingerprint density at radius 2 is 1.92 bits per heavy atom. The lowest BCUT2D eigenvalue weighted by Gasteiger charge is -2.37. The Balaban J connectivity index is 1.49. The molecule has 0 aromatic heterocycles. The molecule has 1 aliphatic carbocycles. The summed E-state index contributed by atoms with van der Waals surface area (Å²) in [5.41, 5.74) is 1.02. The second-order valence-corrected chi connectivity index (χ2v) is 7.15. The summed E-state index contributed by atoms with van der Waals surface area (Å²) in [7, 11) is 1.64. The monoisotopic (exact) mass is 347 g/mol. The molecule has 1 N–H and O–H groups in total. The van der Waals surface area contributed by atoms with Crippen molar-refractivity contribution in [2.75, 3.05) is 20.3 Å². The van der Waals surface area contributed by atoms with Crippen LogP contribution in [0, 0.1) is 5.92 Å². The number of aliphatic hydroxyl groups excluding tert-OH is 1. The maximum absolute atomic E-state index is 12.6. The number of likely N-dealkylation sites (tertiary alicyclic amines) is 1. The maximum atomic E-state index is 12.6. The molecule has 1 amide bonds. The quantitative estimate of drug-likeness (QED) is 0.860. The minimum atomic E-state index is -0.257. The Kier molecular flexibility index (Phi) is 6.32. The fourth-order valence-electron chi connectivity index (χ4n) is 4.20. The number of ether oxygens (including phenoxy) is 2. The Morgan fingerprint density at radius 3 is 2.64 bits per heavy atom. The Morgan fingerprint density at radius 1 is 1.16 bits per heavy atom. The van der Waals surface area contributed by atoms with Gasteiger partial charge in [0.05, 0.1) is 19.8 Å². The van der Waals surface area contributed by atoms with Gasteiger partial charge in [0.25, 0.3) is 0 Å². The van der Waals surface area contributed by atoms with E-state index in [-0.39, 0.29) is 30.6 Å². The van der Waals surface area contributed by atoms with Crippen molar-refractivity contribution in [3.8, 4) is 5.75 Å². The summed E-state index contributed by atoms with van der Waals surface area (Å²) in [4.78, 5) is 14.5. The smallest absolute Gasteiger partial charge is 0.248 e. The SMILES string of the molecule is COc1ccc(COCC(=O)N2CCCC2C2CCCCC2O)cc1. The molecule has 3 atom stereocenters. The average molecular weight is 347 g/mol. The van der Waals surface area contributed by atoms with Crippen molar-refractivity contribution >= 4 is 5.91 Å². The molecule has 2 fully saturated rings. The van der Waals surface area contributed by atoms with Crippen LogP contribution in [0.15, 0.2) is 24.3 Å². The van der Waals surface area contributed by atoms with Crippen molar-refractivity contribution in [2.24, 2.45) is 5.92 Å². The average Bonchev–Trinajstić information content (AvgIpc) is 3.12. The molecule has 5 heteroatoms. The van der Waals surface area contributed by atoms with Gasteiger partial charge >= 0.3 is 0 Å². The number of nitrogens with zero attached hydrogens (tertiary/aromatic N) is 1. The topological polar surface area (TPSA) is 59.0 Å². The molecule has 1 aromatic carbocycles. The molecule has 3 rings (SSSR count). The molecular formula is C20H29NO4. The summed E-state index contributed by atoms with van der Waals surface area (Å²) in [6, 6.07) is 7.86. The van der Waals surface area contributed by atoms with Crippen LogP contribution in [-0.2, 0) is 16.1 Å². The van der Waals surface area contributed by atoms with E-state index in [1.807, 2.05) is 29.2 Å². The Bertz CT molecular complexity index is 559. The molecule has 138 valence electrons. The molecule has 1 aliphatic heterocycles. The highest BCUT2D eigenvalue weighted by atomic mass is 16.5. The van der Waals surface area contributed by atoms with Gasteiger partial charge in [0, 0.05) is 18.5 Å². The molecule has 1 aromatic rings. The first kappa shape index (κ1) is 18.2. The van der Waals surface area contributed by atoms with Crippen molar-refractivity contribution in [3.63, 3.8) is 0 Å². The highest BCUT2D eigenvalue weighted by Crippen LogP contribution is 2.34. The largest absolute Gasteiger partial charge is 0.497 e. The number of hydrogen-bond donors (Lipinski definition) is 1. The molecule has 2 aliphatic rings. The van der Waals surface area contributed by atoms with Gasteiger partial charge in [-0.25, -0.2) is 0 Å². The number of benzene rings is 1. The highest BCUT2D eigenvalue weighted by Gasteiger charge is 2.38. The predicted octanol–water partition coefficient (Wildman–Crippen LogP) is 2.75. The maximum Gasteiger partial charge on any atom is 0.248 e. The van der Waals surface area contributed by atoms with Gasteiger partial charge in [-0.3, -0.25) is 4.79 Å². The minimum Gasteiger partial charge on any atom is -0.497 e. The molecule has 3 unspecified atom stereocenters. The lowest BCUT2D eigenvalue weighted by Crippen LogP contribution is -2.46. The summed E-state index contributed by atoms with van der Waals surface area (Å²) in [6.07, 6.45) is 5.94. The van der Waals surface area contributed by atoms with Crippen LogP contribution >= 0.6 is 0 Å². The van der Waals surface area contributed by atoms with Crippen molar-refractivity contribution in [2.45, 2.75) is 57.3 Å². The van der Waals surface area contributed by atoms with Crippen LogP contribution < -0.4 is 4.74 Å². The van der Waals surface area contributed by atoms with Gasteiger partial charge in [-0.2, -0.15) is 0 Å². The Labute approximate surface area is 149 Å². The highest BCUT2D eigenvalue weighted by molar-refractivity contribution is 5.78. The molecule has 1 heterocycles. The molecular weight excluding hydrogens is 318 g/mol. The predicted molar refractivity (Wildman–Crippen MR) is 95.3 cm³/mol. The number of amides is 1. The third-order valence-electron chi connectivity index (χ3n) is 5.55. The fourth-order valence-corrected chi connectivity index (χ4v) is 4.20. The molecule has 0 spiro atoms. The zero-order valence-electron chi connectivity index (χ0n) is 15.0. The van der Waals surface area contributed by atoms with E-state index in [4.69, 9.17) is 9.47 Å². The zero-order valence-corrected chi connectivity index (χ0v) is 15.0. The van der Waals surface area contributed by atoms with E-state index in [2.05, 4.69) is 0 Å². The molecule has 1 saturated carbocycles. The van der Waals surface area contributed by atoms with Gasteiger partial charge in [0.15, 0.2) is 0 Å². The molecule has 5 nitrogen and oxygen atoms in total. The van der Waals surface area contributed by atoms with Gasteiger partial charge in [0.2, 0.25) is 5.91 Å². The minimum absolute atomic E-state index is 0.0498. The second-order valence-electron chi connectivity index (χ2n) is 7.15. The number of carbonyl (C=O) groups excluding carboxylic acids is 1. The second kappa shape index (κ2) is 8.68. The van der Waals surface area contributed by atoms with E-state index < -0.39 is 0 Å². The number of aliphatic hydroxyl groups is 1. The van der Waals surface area contributed by atoms with Crippen molar-refractivity contribution in [3.05, 3.63) is 29.8 Å². The standard InChI is InChI=1S/C20H29NO4/c1-24-16-10-8-15(9-11-16)13-25-14-20(23)21-12-4-6-18(21)17-5-2-3-7-19(17)22/h8-11,17-19,22H,2-7,12-14H2,1H3. The first-order valence-electron chi connectivity index (χ1n) is 9.37. The van der Waals surface area contributed by atoms with Crippen LogP contribution in [0.1, 0.15) is 44.1 Å². The molecule has 0 radical (unpaired) electrons. The van der Waals surface area contributed by atoms with E-state index in [9.17, 15) is 9.90 Å². The summed E-state index contributed by atoms with van der Waals surface area (Å²) in [5, 5.41) is 10.3. The first-order valence-corrected chi connectivity index (χ1v) is 9.37. The lowest BCUT2D eigenvalue weighted by molar-refractivity contribution is -0.139. The summed E-state index contributed by atoms with van der Waals surface area (Å²) in [6.45, 7) is 1.31. The number of hydrogen-bond acceptors (Lipinski definition) is 4. The van der Waals surface area contributed by atoms with Crippen LogP contribution in [0.4, 0.5) is 0 Å². The van der Waals surface area contributed by atoms with Crippen LogP contribution in [-0.4, -0.2) is 48.3 Å². The van der Waals surface area contributed by atoms with E-state index in [0.717, 1.165) is 56.4 Å². The lowest BCUT2D eigenvalue weighted by atomic mass is 9.80. The van der Waals surface area contributed by atoms with Gasteiger partial charge < -0.3 is 19.5 Å². The number of methoxy groups -OCH3 is 1. The summed E-state index contributed by atoms with van der Waals surface area (Å²) in [5.74, 6) is 1.10. The van der Waals surface area contributed by atoms with Gasteiger partial charge in [-0.05, 0) is 43.4 Å². The fraction of sp³-hybridized carbons (Fsp3) is 0.650. The third kappa shape index (κ3) is 4.53.